The summed E-state index contributed by atoms with van der Waals surface area (Å²) >= 11 is 0. The Morgan fingerprint density at radius 2 is 0.725 bits per heavy atom. The van der Waals surface area contributed by atoms with Crippen LogP contribution in [0.1, 0.15) is 206 Å². The van der Waals surface area contributed by atoms with Gasteiger partial charge < -0.3 is 14.9 Å². The second-order valence-corrected chi connectivity index (χ2v) is 12.6. The molecular weight excluding hydrogens is 496 g/mol. The molecule has 4 nitrogen and oxygen atoms in total. The largest absolute Gasteiger partial charge is 0.461 e. The number of aliphatic hydroxyl groups is 2. The van der Waals surface area contributed by atoms with E-state index in [2.05, 4.69) is 13.8 Å². The third kappa shape index (κ3) is 30.4. The molecule has 0 aromatic heterocycles. The Bertz CT molecular complexity index is 495. The van der Waals surface area contributed by atoms with Gasteiger partial charge in [-0.25, -0.2) is 4.79 Å². The van der Waals surface area contributed by atoms with Crippen LogP contribution in [0, 0.1) is 0 Å². The van der Waals surface area contributed by atoms with E-state index in [4.69, 9.17) is 4.74 Å². The zero-order valence-electron chi connectivity index (χ0n) is 27.3. The standard InChI is InChI=1S/C36H72O4/c1-3-5-7-9-11-13-15-17-19-21-23-25-27-29-31-34(37)33-40-36(39)35(38)32-30-28-26-24-22-20-18-16-14-12-10-8-6-4-2/h34-35,37-38H,3-33H2,1-2H3. The fourth-order valence-electron chi connectivity index (χ4n) is 5.58. The molecule has 0 saturated carbocycles. The van der Waals surface area contributed by atoms with Gasteiger partial charge in [0.1, 0.15) is 6.61 Å². The smallest absolute Gasteiger partial charge is 0.335 e. The Balaban J connectivity index is 3.40. The summed E-state index contributed by atoms with van der Waals surface area (Å²) in [4.78, 5) is 12.0. The average molecular weight is 569 g/mol. The van der Waals surface area contributed by atoms with Crippen LogP contribution in [0.15, 0.2) is 0 Å². The molecule has 0 rings (SSSR count). The van der Waals surface area contributed by atoms with Gasteiger partial charge in [-0.15, -0.1) is 0 Å². The van der Waals surface area contributed by atoms with E-state index in [9.17, 15) is 15.0 Å². The lowest BCUT2D eigenvalue weighted by Gasteiger charge is -2.14. The van der Waals surface area contributed by atoms with Crippen LogP contribution in [-0.2, 0) is 9.53 Å². The molecule has 2 N–H and O–H groups in total. The van der Waals surface area contributed by atoms with Gasteiger partial charge >= 0.3 is 5.97 Å². The van der Waals surface area contributed by atoms with Gasteiger partial charge in [0.15, 0.2) is 6.10 Å². The minimum absolute atomic E-state index is 0.00702. The van der Waals surface area contributed by atoms with Crippen LogP contribution >= 0.6 is 0 Å². The number of unbranched alkanes of at least 4 members (excludes halogenated alkanes) is 26. The molecule has 0 amide bonds. The highest BCUT2D eigenvalue weighted by Gasteiger charge is 2.17. The maximum absolute atomic E-state index is 12.0. The van der Waals surface area contributed by atoms with E-state index in [1.807, 2.05) is 0 Å². The van der Waals surface area contributed by atoms with Gasteiger partial charge in [0.2, 0.25) is 0 Å². The van der Waals surface area contributed by atoms with E-state index in [1.54, 1.807) is 0 Å². The lowest BCUT2D eigenvalue weighted by Crippen LogP contribution is -2.27. The summed E-state index contributed by atoms with van der Waals surface area (Å²) in [6.07, 6.45) is 36.0. The SMILES string of the molecule is CCCCCCCCCCCCCCCCC(O)COC(=O)C(O)CCCCCCCCCCCCCCCC. The Kier molecular flexibility index (Phi) is 32.4. The second kappa shape index (κ2) is 32.9. The van der Waals surface area contributed by atoms with Crippen molar-refractivity contribution in [3.05, 3.63) is 0 Å². The number of aliphatic hydroxyl groups excluding tert-OH is 2. The predicted molar refractivity (Wildman–Crippen MR) is 173 cm³/mol. The molecule has 40 heavy (non-hydrogen) atoms. The molecular formula is C36H72O4. The third-order valence-electron chi connectivity index (χ3n) is 8.41. The normalized spacial score (nSPS) is 13.0. The third-order valence-corrected chi connectivity index (χ3v) is 8.41. The van der Waals surface area contributed by atoms with Crippen LogP contribution in [0.3, 0.4) is 0 Å². The zero-order chi connectivity index (χ0) is 29.4. The van der Waals surface area contributed by atoms with Crippen LogP contribution < -0.4 is 0 Å². The van der Waals surface area contributed by atoms with Crippen LogP contribution in [0.25, 0.3) is 0 Å². The molecule has 0 fully saturated rings. The van der Waals surface area contributed by atoms with Gasteiger partial charge in [-0.3, -0.25) is 0 Å². The Hall–Kier alpha value is -0.610. The fraction of sp³-hybridized carbons (Fsp3) is 0.972. The summed E-state index contributed by atoms with van der Waals surface area (Å²) in [7, 11) is 0. The van der Waals surface area contributed by atoms with E-state index in [1.165, 1.54) is 154 Å². The molecule has 240 valence electrons. The lowest BCUT2D eigenvalue weighted by molar-refractivity contribution is -0.157. The Morgan fingerprint density at radius 3 is 1.05 bits per heavy atom. The summed E-state index contributed by atoms with van der Waals surface area (Å²) in [6.45, 7) is 4.55. The lowest BCUT2D eigenvalue weighted by atomic mass is 10.0. The number of esters is 1. The van der Waals surface area contributed by atoms with E-state index in [0.717, 1.165) is 25.7 Å². The number of rotatable bonds is 33. The van der Waals surface area contributed by atoms with Gasteiger partial charge in [0.25, 0.3) is 0 Å². The molecule has 0 bridgehead atoms. The number of ether oxygens (including phenoxy) is 1. The first-order valence-corrected chi connectivity index (χ1v) is 18.1. The molecule has 2 unspecified atom stereocenters. The summed E-state index contributed by atoms with van der Waals surface area (Å²) in [6, 6.07) is 0. The molecule has 0 aliphatic heterocycles. The molecule has 2 atom stereocenters. The number of carbonyl (C=O) groups is 1. The van der Waals surface area contributed by atoms with Gasteiger partial charge in [-0.05, 0) is 12.8 Å². The van der Waals surface area contributed by atoms with Crippen LogP contribution in [0.4, 0.5) is 0 Å². The average Bonchev–Trinajstić information content (AvgIpc) is 2.96. The van der Waals surface area contributed by atoms with E-state index >= 15 is 0 Å². The van der Waals surface area contributed by atoms with Crippen molar-refractivity contribution in [2.75, 3.05) is 6.61 Å². The first-order valence-electron chi connectivity index (χ1n) is 18.1. The van der Waals surface area contributed by atoms with Gasteiger partial charge in [-0.2, -0.15) is 0 Å². The maximum Gasteiger partial charge on any atom is 0.335 e. The molecule has 0 radical (unpaired) electrons. The highest BCUT2D eigenvalue weighted by Crippen LogP contribution is 2.16. The van der Waals surface area contributed by atoms with Crippen molar-refractivity contribution in [2.45, 2.75) is 219 Å². The van der Waals surface area contributed by atoms with E-state index < -0.39 is 18.2 Å². The van der Waals surface area contributed by atoms with E-state index in [0.29, 0.717) is 12.8 Å². The molecule has 0 saturated heterocycles. The molecule has 0 aliphatic rings. The molecule has 4 heteroatoms. The van der Waals surface area contributed by atoms with Gasteiger partial charge in [0.05, 0.1) is 6.10 Å². The molecule has 0 aromatic carbocycles. The van der Waals surface area contributed by atoms with Crippen LogP contribution in [0.5, 0.6) is 0 Å². The van der Waals surface area contributed by atoms with Gasteiger partial charge in [-0.1, -0.05) is 194 Å². The monoisotopic (exact) mass is 569 g/mol. The van der Waals surface area contributed by atoms with Crippen molar-refractivity contribution < 1.29 is 19.7 Å². The fourth-order valence-corrected chi connectivity index (χ4v) is 5.58. The van der Waals surface area contributed by atoms with Crippen LogP contribution in [0.2, 0.25) is 0 Å². The van der Waals surface area contributed by atoms with Crippen molar-refractivity contribution in [1.29, 1.82) is 0 Å². The summed E-state index contributed by atoms with van der Waals surface area (Å²) in [5.74, 6) is -0.574. The highest BCUT2D eigenvalue weighted by molar-refractivity contribution is 5.74. The Morgan fingerprint density at radius 1 is 0.450 bits per heavy atom. The zero-order valence-corrected chi connectivity index (χ0v) is 27.3. The van der Waals surface area contributed by atoms with Crippen molar-refractivity contribution in [3.8, 4) is 0 Å². The highest BCUT2D eigenvalue weighted by atomic mass is 16.6. The van der Waals surface area contributed by atoms with Crippen molar-refractivity contribution in [3.63, 3.8) is 0 Å². The first-order chi connectivity index (χ1) is 19.6. The topological polar surface area (TPSA) is 66.8 Å². The number of hydrogen-bond acceptors (Lipinski definition) is 4. The van der Waals surface area contributed by atoms with Crippen molar-refractivity contribution in [2.24, 2.45) is 0 Å². The Labute approximate surface area is 250 Å². The molecule has 0 heterocycles. The van der Waals surface area contributed by atoms with E-state index in [-0.39, 0.29) is 6.61 Å². The van der Waals surface area contributed by atoms with Gasteiger partial charge in [0, 0.05) is 0 Å². The number of carbonyl (C=O) groups excluding carboxylic acids is 1. The maximum atomic E-state index is 12.0. The second-order valence-electron chi connectivity index (χ2n) is 12.6. The predicted octanol–water partition coefficient (Wildman–Crippen LogP) is 11.0. The summed E-state index contributed by atoms with van der Waals surface area (Å²) in [5.41, 5.74) is 0. The summed E-state index contributed by atoms with van der Waals surface area (Å²) < 4.78 is 5.17. The molecule has 0 aromatic rings. The van der Waals surface area contributed by atoms with Crippen molar-refractivity contribution >= 4 is 5.97 Å². The van der Waals surface area contributed by atoms with Crippen LogP contribution in [-0.4, -0.2) is 35.0 Å². The molecule has 0 spiro atoms. The molecule has 0 aliphatic carbocycles. The minimum atomic E-state index is -1.05. The first kappa shape index (κ1) is 39.4. The summed E-state index contributed by atoms with van der Waals surface area (Å²) in [5, 5.41) is 20.2. The van der Waals surface area contributed by atoms with Crippen molar-refractivity contribution in [1.82, 2.24) is 0 Å². The quantitative estimate of drug-likeness (QED) is 0.0610. The number of hydrogen-bond donors (Lipinski definition) is 2. The minimum Gasteiger partial charge on any atom is -0.461 e.